The molecular weight excluding hydrogens is 240 g/mol. The van der Waals surface area contributed by atoms with E-state index in [0.717, 1.165) is 58.1 Å². The number of ether oxygens (including phenoxy) is 1. The van der Waals surface area contributed by atoms with Crippen LogP contribution in [-0.2, 0) is 9.53 Å². The van der Waals surface area contributed by atoms with E-state index in [4.69, 9.17) is 4.74 Å². The first-order valence-corrected chi connectivity index (χ1v) is 7.70. The molecule has 0 aromatic heterocycles. The molecule has 110 valence electrons. The number of hydrogen-bond acceptors (Lipinski definition) is 3. The molecule has 0 spiro atoms. The van der Waals surface area contributed by atoms with Crippen molar-refractivity contribution in [3.05, 3.63) is 0 Å². The highest BCUT2D eigenvalue weighted by Crippen LogP contribution is 2.23. The summed E-state index contributed by atoms with van der Waals surface area (Å²) in [7, 11) is 1.74. The molecule has 0 bridgehead atoms. The molecule has 0 aromatic carbocycles. The zero-order valence-corrected chi connectivity index (χ0v) is 12.4. The molecule has 1 amide bonds. The highest BCUT2D eigenvalue weighted by molar-refractivity contribution is 5.79. The molecule has 0 aromatic rings. The molecule has 0 aliphatic carbocycles. The zero-order chi connectivity index (χ0) is 13.7. The van der Waals surface area contributed by atoms with E-state index in [1.807, 2.05) is 0 Å². The Kier molecular flexibility index (Phi) is 5.64. The highest BCUT2D eigenvalue weighted by Gasteiger charge is 2.29. The topological polar surface area (TPSA) is 32.8 Å². The predicted octanol–water partition coefficient (Wildman–Crippen LogP) is 1.60. The van der Waals surface area contributed by atoms with Crippen LogP contribution in [0, 0.1) is 11.8 Å². The van der Waals surface area contributed by atoms with Gasteiger partial charge in [0.1, 0.15) is 0 Å². The molecule has 19 heavy (non-hydrogen) atoms. The van der Waals surface area contributed by atoms with Crippen LogP contribution in [0.1, 0.15) is 32.6 Å². The summed E-state index contributed by atoms with van der Waals surface area (Å²) in [6.07, 6.45) is 4.40. The van der Waals surface area contributed by atoms with Crippen molar-refractivity contribution in [2.24, 2.45) is 11.8 Å². The maximum atomic E-state index is 12.5. The molecule has 4 nitrogen and oxygen atoms in total. The van der Waals surface area contributed by atoms with Gasteiger partial charge in [-0.25, -0.2) is 0 Å². The lowest BCUT2D eigenvalue weighted by molar-refractivity contribution is -0.138. The van der Waals surface area contributed by atoms with Crippen LogP contribution >= 0.6 is 0 Å². The van der Waals surface area contributed by atoms with Crippen molar-refractivity contribution in [3.63, 3.8) is 0 Å². The first-order chi connectivity index (χ1) is 9.20. The molecule has 2 aliphatic heterocycles. The van der Waals surface area contributed by atoms with Crippen LogP contribution in [0.3, 0.4) is 0 Å². The van der Waals surface area contributed by atoms with Crippen LogP contribution in [0.5, 0.6) is 0 Å². The number of hydrogen-bond donors (Lipinski definition) is 0. The molecule has 2 rings (SSSR count). The number of carbonyl (C=O) groups excluding carboxylic acids is 1. The number of piperidine rings is 2. The second-order valence-electron chi connectivity index (χ2n) is 6.12. The van der Waals surface area contributed by atoms with Gasteiger partial charge in [0.05, 0.1) is 6.61 Å². The van der Waals surface area contributed by atoms with E-state index in [0.29, 0.717) is 5.91 Å². The van der Waals surface area contributed by atoms with E-state index < -0.39 is 0 Å². The molecule has 2 heterocycles. The lowest BCUT2D eigenvalue weighted by Crippen LogP contribution is -2.45. The second kappa shape index (κ2) is 7.25. The number of amides is 1. The lowest BCUT2D eigenvalue weighted by atomic mass is 9.93. The average molecular weight is 268 g/mol. The van der Waals surface area contributed by atoms with Crippen molar-refractivity contribution in [1.82, 2.24) is 9.80 Å². The van der Waals surface area contributed by atoms with Gasteiger partial charge in [-0.2, -0.15) is 0 Å². The van der Waals surface area contributed by atoms with Gasteiger partial charge in [-0.1, -0.05) is 6.92 Å². The third-order valence-corrected chi connectivity index (χ3v) is 4.64. The van der Waals surface area contributed by atoms with E-state index in [1.165, 1.54) is 12.8 Å². The first-order valence-electron chi connectivity index (χ1n) is 7.70. The highest BCUT2D eigenvalue weighted by atomic mass is 16.5. The Morgan fingerprint density at radius 3 is 2.32 bits per heavy atom. The lowest BCUT2D eigenvalue weighted by Gasteiger charge is -2.36. The molecule has 0 N–H and O–H groups in total. The van der Waals surface area contributed by atoms with E-state index in [1.54, 1.807) is 7.11 Å². The summed E-state index contributed by atoms with van der Waals surface area (Å²) in [6.45, 7) is 8.12. The largest absolute Gasteiger partial charge is 0.383 e. The molecule has 0 radical (unpaired) electrons. The van der Waals surface area contributed by atoms with E-state index in [-0.39, 0.29) is 5.92 Å². The monoisotopic (exact) mass is 268 g/mol. The van der Waals surface area contributed by atoms with Crippen LogP contribution in [0.25, 0.3) is 0 Å². The number of carbonyl (C=O) groups is 1. The van der Waals surface area contributed by atoms with Gasteiger partial charge in [0.2, 0.25) is 5.91 Å². The summed E-state index contributed by atoms with van der Waals surface area (Å²) in [4.78, 5) is 17.0. The fraction of sp³-hybridized carbons (Fsp3) is 0.933. The maximum Gasteiger partial charge on any atom is 0.225 e. The third kappa shape index (κ3) is 4.18. The van der Waals surface area contributed by atoms with Crippen molar-refractivity contribution in [3.8, 4) is 0 Å². The molecule has 2 saturated heterocycles. The van der Waals surface area contributed by atoms with Crippen molar-refractivity contribution < 1.29 is 9.53 Å². The van der Waals surface area contributed by atoms with Crippen molar-refractivity contribution in [2.75, 3.05) is 46.4 Å². The Labute approximate surface area is 117 Å². The zero-order valence-electron chi connectivity index (χ0n) is 12.4. The van der Waals surface area contributed by atoms with E-state index in [9.17, 15) is 4.79 Å². The summed E-state index contributed by atoms with van der Waals surface area (Å²) in [5.74, 6) is 1.48. The van der Waals surface area contributed by atoms with E-state index >= 15 is 0 Å². The Morgan fingerprint density at radius 2 is 1.74 bits per heavy atom. The first kappa shape index (κ1) is 14.8. The minimum Gasteiger partial charge on any atom is -0.383 e. The third-order valence-electron chi connectivity index (χ3n) is 4.64. The average Bonchev–Trinajstić information content (AvgIpc) is 2.46. The molecule has 2 fully saturated rings. The number of nitrogens with zero attached hydrogens (tertiary/aromatic N) is 2. The van der Waals surface area contributed by atoms with Gasteiger partial charge in [-0.3, -0.25) is 4.79 Å². The van der Waals surface area contributed by atoms with Crippen LogP contribution in [0.2, 0.25) is 0 Å². The van der Waals surface area contributed by atoms with Crippen molar-refractivity contribution in [1.29, 1.82) is 0 Å². The van der Waals surface area contributed by atoms with Crippen LogP contribution in [0.4, 0.5) is 0 Å². The summed E-state index contributed by atoms with van der Waals surface area (Å²) in [5.41, 5.74) is 0. The van der Waals surface area contributed by atoms with Gasteiger partial charge >= 0.3 is 0 Å². The van der Waals surface area contributed by atoms with Crippen molar-refractivity contribution in [2.45, 2.75) is 32.6 Å². The van der Waals surface area contributed by atoms with Crippen molar-refractivity contribution >= 4 is 5.91 Å². The normalized spacial score (nSPS) is 23.8. The predicted molar refractivity (Wildman–Crippen MR) is 76.0 cm³/mol. The number of methoxy groups -OCH3 is 1. The van der Waals surface area contributed by atoms with Gasteiger partial charge in [0, 0.05) is 32.7 Å². The van der Waals surface area contributed by atoms with Gasteiger partial charge in [0.15, 0.2) is 0 Å². The second-order valence-corrected chi connectivity index (χ2v) is 6.12. The summed E-state index contributed by atoms with van der Waals surface area (Å²) in [6, 6.07) is 0. The quantitative estimate of drug-likeness (QED) is 0.776. The number of rotatable bonds is 4. The Morgan fingerprint density at radius 1 is 1.11 bits per heavy atom. The fourth-order valence-corrected chi connectivity index (χ4v) is 3.11. The van der Waals surface area contributed by atoms with Crippen LogP contribution in [-0.4, -0.2) is 62.1 Å². The van der Waals surface area contributed by atoms with Gasteiger partial charge in [0.25, 0.3) is 0 Å². The SMILES string of the molecule is COCCN1CCC(C(=O)N2CCC(C)CC2)CC1. The van der Waals surface area contributed by atoms with Crippen LogP contribution < -0.4 is 0 Å². The van der Waals surface area contributed by atoms with E-state index in [2.05, 4.69) is 16.7 Å². The number of likely N-dealkylation sites (tertiary alicyclic amines) is 2. The van der Waals surface area contributed by atoms with Crippen LogP contribution in [0.15, 0.2) is 0 Å². The minimum atomic E-state index is 0.271. The molecule has 4 heteroatoms. The summed E-state index contributed by atoms with van der Waals surface area (Å²) < 4.78 is 5.11. The standard InChI is InChI=1S/C15H28N2O2/c1-13-3-9-17(10-4-13)15(18)14-5-7-16(8-6-14)11-12-19-2/h13-14H,3-12H2,1-2H3. The smallest absolute Gasteiger partial charge is 0.225 e. The summed E-state index contributed by atoms with van der Waals surface area (Å²) in [5, 5.41) is 0. The fourth-order valence-electron chi connectivity index (χ4n) is 3.11. The molecule has 0 saturated carbocycles. The maximum absolute atomic E-state index is 12.5. The van der Waals surface area contributed by atoms with Gasteiger partial charge < -0.3 is 14.5 Å². The summed E-state index contributed by atoms with van der Waals surface area (Å²) >= 11 is 0. The molecule has 2 aliphatic rings. The Bertz CT molecular complexity index is 280. The molecule has 0 atom stereocenters. The Balaban J connectivity index is 1.73. The van der Waals surface area contributed by atoms with Gasteiger partial charge in [-0.05, 0) is 44.7 Å². The van der Waals surface area contributed by atoms with Gasteiger partial charge in [-0.15, -0.1) is 0 Å². The molecular formula is C15H28N2O2. The Hall–Kier alpha value is -0.610. The minimum absolute atomic E-state index is 0.271. The molecule has 0 unspecified atom stereocenters.